The number of nitrogens with two attached hydrogens (primary N) is 1. The fourth-order valence-electron chi connectivity index (χ4n) is 2.29. The SMILES string of the molecule is CC(N)c1ncn(-c2cccc(-c3ccc(OC(F)(F)F)cc3)c2)n1. The number of alkyl halides is 3. The summed E-state index contributed by atoms with van der Waals surface area (Å²) in [4.78, 5) is 4.14. The predicted molar refractivity (Wildman–Crippen MR) is 86.1 cm³/mol. The minimum atomic E-state index is -4.70. The zero-order valence-corrected chi connectivity index (χ0v) is 13.2. The van der Waals surface area contributed by atoms with Crippen molar-refractivity contribution in [2.24, 2.45) is 5.73 Å². The number of aromatic nitrogens is 3. The van der Waals surface area contributed by atoms with E-state index in [1.807, 2.05) is 24.3 Å². The molecule has 0 radical (unpaired) electrons. The quantitative estimate of drug-likeness (QED) is 0.778. The average molecular weight is 348 g/mol. The van der Waals surface area contributed by atoms with Crippen LogP contribution in [0, 0.1) is 0 Å². The summed E-state index contributed by atoms with van der Waals surface area (Å²) in [6.45, 7) is 1.79. The number of halogens is 3. The second kappa shape index (κ2) is 6.56. The van der Waals surface area contributed by atoms with Gasteiger partial charge in [0.1, 0.15) is 12.1 Å². The minimum absolute atomic E-state index is 0.259. The Bertz CT molecular complexity index is 857. The van der Waals surface area contributed by atoms with Gasteiger partial charge in [0, 0.05) is 0 Å². The molecule has 130 valence electrons. The molecule has 1 heterocycles. The van der Waals surface area contributed by atoms with E-state index in [2.05, 4.69) is 14.8 Å². The van der Waals surface area contributed by atoms with Crippen LogP contribution in [0.5, 0.6) is 5.75 Å². The second-order valence-corrected chi connectivity index (χ2v) is 5.46. The average Bonchev–Trinajstić information content (AvgIpc) is 3.04. The summed E-state index contributed by atoms with van der Waals surface area (Å²) in [6.07, 6.45) is -3.13. The molecule has 0 bridgehead atoms. The Morgan fingerprint density at radius 3 is 2.40 bits per heavy atom. The highest BCUT2D eigenvalue weighted by molar-refractivity contribution is 5.66. The van der Waals surface area contributed by atoms with Gasteiger partial charge in [0.15, 0.2) is 5.82 Å². The normalized spacial score (nSPS) is 12.8. The fraction of sp³-hybridized carbons (Fsp3) is 0.176. The van der Waals surface area contributed by atoms with Gasteiger partial charge in [-0.3, -0.25) is 0 Å². The first-order valence-electron chi connectivity index (χ1n) is 7.45. The van der Waals surface area contributed by atoms with E-state index in [9.17, 15) is 13.2 Å². The monoisotopic (exact) mass is 348 g/mol. The first-order chi connectivity index (χ1) is 11.8. The van der Waals surface area contributed by atoms with Crippen LogP contribution in [0.15, 0.2) is 54.9 Å². The highest BCUT2D eigenvalue weighted by Crippen LogP contribution is 2.27. The number of benzene rings is 2. The van der Waals surface area contributed by atoms with Crippen molar-refractivity contribution in [3.63, 3.8) is 0 Å². The minimum Gasteiger partial charge on any atom is -0.406 e. The number of ether oxygens (including phenoxy) is 1. The lowest BCUT2D eigenvalue weighted by atomic mass is 10.1. The Morgan fingerprint density at radius 1 is 1.08 bits per heavy atom. The van der Waals surface area contributed by atoms with Crippen LogP contribution in [0.25, 0.3) is 16.8 Å². The van der Waals surface area contributed by atoms with Crippen molar-refractivity contribution in [3.05, 3.63) is 60.7 Å². The van der Waals surface area contributed by atoms with Crippen molar-refractivity contribution in [1.29, 1.82) is 0 Å². The molecule has 0 fully saturated rings. The Kier molecular flexibility index (Phi) is 4.45. The van der Waals surface area contributed by atoms with Crippen LogP contribution in [-0.2, 0) is 0 Å². The number of rotatable bonds is 4. The molecule has 0 spiro atoms. The number of hydrogen-bond donors (Lipinski definition) is 1. The molecule has 0 amide bonds. The van der Waals surface area contributed by atoms with Crippen LogP contribution < -0.4 is 10.5 Å². The smallest absolute Gasteiger partial charge is 0.406 e. The number of hydrogen-bond acceptors (Lipinski definition) is 4. The lowest BCUT2D eigenvalue weighted by Gasteiger charge is -2.10. The predicted octanol–water partition coefficient (Wildman–Crippen LogP) is 3.85. The van der Waals surface area contributed by atoms with Gasteiger partial charge >= 0.3 is 6.36 Å². The van der Waals surface area contributed by atoms with Gasteiger partial charge in [0.2, 0.25) is 0 Å². The Morgan fingerprint density at radius 2 is 1.80 bits per heavy atom. The Hall–Kier alpha value is -2.87. The maximum atomic E-state index is 12.2. The number of nitrogens with zero attached hydrogens (tertiary/aromatic N) is 3. The molecule has 1 aromatic heterocycles. The molecular weight excluding hydrogens is 333 g/mol. The van der Waals surface area contributed by atoms with E-state index < -0.39 is 6.36 Å². The summed E-state index contributed by atoms with van der Waals surface area (Å²) in [5.74, 6) is 0.268. The van der Waals surface area contributed by atoms with Crippen LogP contribution in [0.3, 0.4) is 0 Å². The molecule has 0 aliphatic carbocycles. The molecule has 25 heavy (non-hydrogen) atoms. The van der Waals surface area contributed by atoms with Gasteiger partial charge in [-0.25, -0.2) is 9.67 Å². The van der Waals surface area contributed by atoms with Crippen LogP contribution in [-0.4, -0.2) is 21.1 Å². The van der Waals surface area contributed by atoms with Gasteiger partial charge in [-0.15, -0.1) is 18.3 Å². The molecule has 1 atom stereocenters. The molecule has 3 aromatic rings. The molecule has 0 aliphatic heterocycles. The second-order valence-electron chi connectivity index (χ2n) is 5.46. The van der Waals surface area contributed by atoms with Gasteiger partial charge in [0.25, 0.3) is 0 Å². The molecule has 3 rings (SSSR count). The van der Waals surface area contributed by atoms with Gasteiger partial charge < -0.3 is 10.5 Å². The van der Waals surface area contributed by atoms with Crippen LogP contribution >= 0.6 is 0 Å². The molecule has 1 unspecified atom stereocenters. The van der Waals surface area contributed by atoms with Crippen LogP contribution in [0.2, 0.25) is 0 Å². The standard InChI is InChI=1S/C17H15F3N4O/c1-11(21)16-22-10-24(23-16)14-4-2-3-13(9-14)12-5-7-15(8-6-12)25-17(18,19)20/h2-11H,21H2,1H3. The third kappa shape index (κ3) is 4.16. The van der Waals surface area contributed by atoms with E-state index in [-0.39, 0.29) is 11.8 Å². The highest BCUT2D eigenvalue weighted by atomic mass is 19.4. The van der Waals surface area contributed by atoms with Crippen molar-refractivity contribution >= 4 is 0 Å². The lowest BCUT2D eigenvalue weighted by Crippen LogP contribution is -2.16. The van der Waals surface area contributed by atoms with Crippen molar-refractivity contribution in [2.75, 3.05) is 0 Å². The fourth-order valence-corrected chi connectivity index (χ4v) is 2.29. The van der Waals surface area contributed by atoms with E-state index >= 15 is 0 Å². The van der Waals surface area contributed by atoms with Crippen LogP contribution in [0.4, 0.5) is 13.2 Å². The molecule has 0 saturated carbocycles. The van der Waals surface area contributed by atoms with E-state index in [1.54, 1.807) is 30.1 Å². The molecule has 2 N–H and O–H groups in total. The molecule has 0 saturated heterocycles. The topological polar surface area (TPSA) is 66.0 Å². The van der Waals surface area contributed by atoms with Gasteiger partial charge in [0.05, 0.1) is 11.7 Å². The van der Waals surface area contributed by atoms with E-state index in [4.69, 9.17) is 5.73 Å². The molecule has 2 aromatic carbocycles. The van der Waals surface area contributed by atoms with Gasteiger partial charge in [-0.1, -0.05) is 24.3 Å². The van der Waals surface area contributed by atoms with E-state index in [1.165, 1.54) is 12.1 Å². The molecule has 8 heteroatoms. The third-order valence-electron chi connectivity index (χ3n) is 3.45. The summed E-state index contributed by atoms with van der Waals surface area (Å²) in [7, 11) is 0. The van der Waals surface area contributed by atoms with Crippen LogP contribution in [0.1, 0.15) is 18.8 Å². The Labute approximate surface area is 141 Å². The van der Waals surface area contributed by atoms with E-state index in [0.717, 1.165) is 16.8 Å². The largest absolute Gasteiger partial charge is 0.573 e. The van der Waals surface area contributed by atoms with E-state index in [0.29, 0.717) is 5.82 Å². The summed E-state index contributed by atoms with van der Waals surface area (Å²) >= 11 is 0. The maximum Gasteiger partial charge on any atom is 0.573 e. The lowest BCUT2D eigenvalue weighted by molar-refractivity contribution is -0.274. The zero-order chi connectivity index (χ0) is 18.0. The van der Waals surface area contributed by atoms with Gasteiger partial charge in [-0.05, 0) is 42.3 Å². The first-order valence-corrected chi connectivity index (χ1v) is 7.45. The summed E-state index contributed by atoms with van der Waals surface area (Å²) < 4.78 is 42.1. The highest BCUT2D eigenvalue weighted by Gasteiger charge is 2.30. The summed E-state index contributed by atoms with van der Waals surface area (Å²) in [6, 6.07) is 12.8. The first kappa shape index (κ1) is 17.0. The van der Waals surface area contributed by atoms with Gasteiger partial charge in [-0.2, -0.15) is 0 Å². The third-order valence-corrected chi connectivity index (χ3v) is 3.45. The molecular formula is C17H15F3N4O. The van der Waals surface area contributed by atoms with Crippen molar-refractivity contribution in [3.8, 4) is 22.6 Å². The maximum absolute atomic E-state index is 12.2. The summed E-state index contributed by atoms with van der Waals surface area (Å²) in [5.41, 5.74) is 8.11. The molecule has 0 aliphatic rings. The van der Waals surface area contributed by atoms with Crippen molar-refractivity contribution in [1.82, 2.24) is 14.8 Å². The van der Waals surface area contributed by atoms with Crippen molar-refractivity contribution in [2.45, 2.75) is 19.3 Å². The Balaban J connectivity index is 1.86. The molecule has 5 nitrogen and oxygen atoms in total. The van der Waals surface area contributed by atoms with Crippen molar-refractivity contribution < 1.29 is 17.9 Å². The summed E-state index contributed by atoms with van der Waals surface area (Å²) in [5, 5.41) is 4.30. The zero-order valence-electron chi connectivity index (χ0n) is 13.2.